The van der Waals surface area contributed by atoms with Crippen molar-refractivity contribution in [2.45, 2.75) is 38.8 Å². The fraction of sp³-hybridized carbons (Fsp3) is 0.290. The summed E-state index contributed by atoms with van der Waals surface area (Å²) < 4.78 is 5.93. The van der Waals surface area contributed by atoms with Crippen LogP contribution < -0.4 is 15.4 Å². The standard InChI is InChI=1S/C31H35N3O5/c1-20(2)39-29-13-12-23(21-8-10-22(11-9-21)30(37)32-14-5-15-35)17-27(29)31(38)34-25(19-36)16-24-18-33-28-7-4-3-6-26(24)28/h3-4,6-13,17-18,20,25,33,35-36H,5,14-16,19H2,1-2H3,(H,32,37)(H,34,38)/t25-/m1/s1. The first kappa shape index (κ1) is 27.9. The van der Waals surface area contributed by atoms with Gasteiger partial charge in [-0.05, 0) is 73.7 Å². The van der Waals surface area contributed by atoms with Gasteiger partial charge in [-0.25, -0.2) is 0 Å². The van der Waals surface area contributed by atoms with Gasteiger partial charge in [0.2, 0.25) is 0 Å². The van der Waals surface area contributed by atoms with Crippen molar-refractivity contribution in [2.24, 2.45) is 0 Å². The zero-order chi connectivity index (χ0) is 27.8. The van der Waals surface area contributed by atoms with Crippen molar-refractivity contribution in [2.75, 3.05) is 19.8 Å². The quantitative estimate of drug-likeness (QED) is 0.177. The highest BCUT2D eigenvalue weighted by Crippen LogP contribution is 2.28. The van der Waals surface area contributed by atoms with Crippen LogP contribution in [0.25, 0.3) is 22.0 Å². The Hall–Kier alpha value is -4.14. The Morgan fingerprint density at radius 1 is 0.949 bits per heavy atom. The number of aliphatic hydroxyl groups is 2. The molecule has 204 valence electrons. The SMILES string of the molecule is CC(C)Oc1ccc(-c2ccc(C(=O)NCCCO)cc2)cc1C(=O)N[C@@H](CO)Cc1c[nH]c2ccccc12. The molecule has 0 aliphatic carbocycles. The normalized spacial score (nSPS) is 11.9. The molecule has 4 aromatic rings. The minimum Gasteiger partial charge on any atom is -0.490 e. The van der Waals surface area contributed by atoms with Gasteiger partial charge in [0, 0.05) is 35.8 Å². The fourth-order valence-corrected chi connectivity index (χ4v) is 4.43. The van der Waals surface area contributed by atoms with Gasteiger partial charge in [-0.15, -0.1) is 0 Å². The monoisotopic (exact) mass is 529 g/mol. The Morgan fingerprint density at radius 2 is 1.69 bits per heavy atom. The molecule has 0 spiro atoms. The van der Waals surface area contributed by atoms with Crippen LogP contribution in [0.5, 0.6) is 5.75 Å². The molecule has 1 atom stereocenters. The molecule has 0 fully saturated rings. The average molecular weight is 530 g/mol. The van der Waals surface area contributed by atoms with E-state index in [4.69, 9.17) is 9.84 Å². The molecule has 0 unspecified atom stereocenters. The van der Waals surface area contributed by atoms with Gasteiger partial charge in [0.05, 0.1) is 24.3 Å². The van der Waals surface area contributed by atoms with Crippen LogP contribution in [0.4, 0.5) is 0 Å². The molecule has 0 saturated heterocycles. The van der Waals surface area contributed by atoms with Crippen LogP contribution in [0.15, 0.2) is 72.9 Å². The van der Waals surface area contributed by atoms with Gasteiger partial charge >= 0.3 is 0 Å². The molecule has 0 aliphatic rings. The number of amides is 2. The number of fused-ring (bicyclic) bond motifs is 1. The van der Waals surface area contributed by atoms with E-state index in [0.717, 1.165) is 27.6 Å². The van der Waals surface area contributed by atoms with E-state index in [0.29, 0.717) is 36.3 Å². The lowest BCUT2D eigenvalue weighted by Crippen LogP contribution is -2.39. The van der Waals surface area contributed by atoms with Crippen molar-refractivity contribution in [3.05, 3.63) is 89.6 Å². The molecule has 0 saturated carbocycles. The summed E-state index contributed by atoms with van der Waals surface area (Å²) in [5.41, 5.74) is 4.52. The van der Waals surface area contributed by atoms with Crippen LogP contribution >= 0.6 is 0 Å². The maximum Gasteiger partial charge on any atom is 0.255 e. The summed E-state index contributed by atoms with van der Waals surface area (Å²) in [6.45, 7) is 4.00. The number of aliphatic hydroxyl groups excluding tert-OH is 2. The first-order chi connectivity index (χ1) is 18.9. The second-order valence-electron chi connectivity index (χ2n) is 9.70. The third kappa shape index (κ3) is 7.04. The third-order valence-corrected chi connectivity index (χ3v) is 6.38. The van der Waals surface area contributed by atoms with Crippen molar-refractivity contribution in [1.29, 1.82) is 0 Å². The molecule has 0 radical (unpaired) electrons. The molecule has 2 amide bonds. The maximum atomic E-state index is 13.5. The van der Waals surface area contributed by atoms with Gasteiger partial charge in [-0.2, -0.15) is 0 Å². The van der Waals surface area contributed by atoms with Crippen LogP contribution in [-0.4, -0.2) is 58.9 Å². The van der Waals surface area contributed by atoms with E-state index >= 15 is 0 Å². The number of aromatic nitrogens is 1. The molecule has 1 aromatic heterocycles. The Balaban J connectivity index is 1.54. The lowest BCUT2D eigenvalue weighted by molar-refractivity contribution is 0.0909. The van der Waals surface area contributed by atoms with Crippen molar-refractivity contribution in [3.63, 3.8) is 0 Å². The number of H-pyrrole nitrogens is 1. The Labute approximate surface area is 228 Å². The molecule has 0 aliphatic heterocycles. The summed E-state index contributed by atoms with van der Waals surface area (Å²) in [4.78, 5) is 29.0. The fourth-order valence-electron chi connectivity index (χ4n) is 4.43. The largest absolute Gasteiger partial charge is 0.490 e. The van der Waals surface area contributed by atoms with E-state index in [2.05, 4.69) is 15.6 Å². The number of benzene rings is 3. The van der Waals surface area contributed by atoms with E-state index in [1.807, 2.05) is 62.5 Å². The number of carbonyl (C=O) groups is 2. The van der Waals surface area contributed by atoms with Gasteiger partial charge in [0.1, 0.15) is 5.75 Å². The van der Waals surface area contributed by atoms with E-state index in [-0.39, 0.29) is 31.1 Å². The summed E-state index contributed by atoms with van der Waals surface area (Å²) in [5, 5.41) is 25.8. The first-order valence-corrected chi connectivity index (χ1v) is 13.2. The number of para-hydroxylation sites is 1. The third-order valence-electron chi connectivity index (χ3n) is 6.38. The molecule has 5 N–H and O–H groups in total. The Morgan fingerprint density at radius 3 is 2.41 bits per heavy atom. The minimum absolute atomic E-state index is 0.0216. The summed E-state index contributed by atoms with van der Waals surface area (Å²) in [6.07, 6.45) is 2.74. The molecule has 1 heterocycles. The predicted molar refractivity (Wildman–Crippen MR) is 152 cm³/mol. The smallest absolute Gasteiger partial charge is 0.255 e. The molecular weight excluding hydrogens is 494 g/mol. The van der Waals surface area contributed by atoms with E-state index in [1.165, 1.54) is 0 Å². The molecule has 8 nitrogen and oxygen atoms in total. The summed E-state index contributed by atoms with van der Waals surface area (Å²) in [5.74, 6) is -0.0952. The molecule has 3 aromatic carbocycles. The van der Waals surface area contributed by atoms with Crippen molar-refractivity contribution < 1.29 is 24.5 Å². The number of nitrogens with one attached hydrogen (secondary N) is 3. The van der Waals surface area contributed by atoms with Crippen LogP contribution in [0.3, 0.4) is 0 Å². The highest BCUT2D eigenvalue weighted by Gasteiger charge is 2.20. The number of carbonyl (C=O) groups excluding carboxylic acids is 2. The van der Waals surface area contributed by atoms with E-state index < -0.39 is 6.04 Å². The predicted octanol–water partition coefficient (Wildman–Crippen LogP) is 4.07. The van der Waals surface area contributed by atoms with Gasteiger partial charge in [0.15, 0.2) is 0 Å². The topological polar surface area (TPSA) is 124 Å². The highest BCUT2D eigenvalue weighted by atomic mass is 16.5. The molecular formula is C31H35N3O5. The second-order valence-corrected chi connectivity index (χ2v) is 9.70. The maximum absolute atomic E-state index is 13.5. The first-order valence-electron chi connectivity index (χ1n) is 13.2. The number of rotatable bonds is 12. The van der Waals surface area contributed by atoms with Gasteiger partial charge in [0.25, 0.3) is 11.8 Å². The van der Waals surface area contributed by atoms with Crippen LogP contribution in [0.1, 0.15) is 46.5 Å². The number of hydrogen-bond donors (Lipinski definition) is 5. The summed E-state index contributed by atoms with van der Waals surface area (Å²) >= 11 is 0. The lowest BCUT2D eigenvalue weighted by atomic mass is 10.00. The Kier molecular flexibility index (Phi) is 9.35. The van der Waals surface area contributed by atoms with Gasteiger partial charge < -0.3 is 30.6 Å². The molecule has 0 bridgehead atoms. The van der Waals surface area contributed by atoms with Crippen molar-refractivity contribution >= 4 is 22.7 Å². The average Bonchev–Trinajstić information content (AvgIpc) is 3.35. The number of aromatic amines is 1. The van der Waals surface area contributed by atoms with Gasteiger partial charge in [-0.3, -0.25) is 9.59 Å². The number of hydrogen-bond acceptors (Lipinski definition) is 5. The van der Waals surface area contributed by atoms with Crippen LogP contribution in [0, 0.1) is 0 Å². The highest BCUT2D eigenvalue weighted by molar-refractivity contribution is 5.99. The minimum atomic E-state index is -0.490. The van der Waals surface area contributed by atoms with E-state index in [9.17, 15) is 14.7 Å². The van der Waals surface area contributed by atoms with Crippen molar-refractivity contribution in [3.8, 4) is 16.9 Å². The molecule has 4 rings (SSSR count). The zero-order valence-corrected chi connectivity index (χ0v) is 22.2. The Bertz CT molecular complexity index is 1410. The van der Waals surface area contributed by atoms with Crippen LogP contribution in [-0.2, 0) is 6.42 Å². The molecule has 39 heavy (non-hydrogen) atoms. The summed E-state index contributed by atoms with van der Waals surface area (Å²) in [7, 11) is 0. The zero-order valence-electron chi connectivity index (χ0n) is 22.2. The van der Waals surface area contributed by atoms with E-state index in [1.54, 1.807) is 24.3 Å². The van der Waals surface area contributed by atoms with Crippen molar-refractivity contribution in [1.82, 2.24) is 15.6 Å². The van der Waals surface area contributed by atoms with Crippen LogP contribution in [0.2, 0.25) is 0 Å². The summed E-state index contributed by atoms with van der Waals surface area (Å²) in [6, 6.07) is 20.0. The lowest BCUT2D eigenvalue weighted by Gasteiger charge is -2.19. The second kappa shape index (κ2) is 13.1. The molecule has 8 heteroatoms. The van der Waals surface area contributed by atoms with Gasteiger partial charge in [-0.1, -0.05) is 36.4 Å². The number of ether oxygens (including phenoxy) is 1.